The number of carbonyl (C=O) groups is 1. The molecule has 25 heavy (non-hydrogen) atoms. The average molecular weight is 348 g/mol. The molecule has 1 aromatic carbocycles. The van der Waals surface area contributed by atoms with Crippen LogP contribution in [0.1, 0.15) is 5.56 Å². The van der Waals surface area contributed by atoms with Gasteiger partial charge in [0.15, 0.2) is 11.5 Å². The maximum atomic E-state index is 11.9. The van der Waals surface area contributed by atoms with Crippen molar-refractivity contribution in [2.45, 2.75) is 12.1 Å². The third-order valence-corrected chi connectivity index (χ3v) is 4.88. The van der Waals surface area contributed by atoms with Crippen LogP contribution < -0.4 is 9.47 Å². The third-order valence-electron chi connectivity index (χ3n) is 4.88. The van der Waals surface area contributed by atoms with Crippen molar-refractivity contribution in [2.24, 2.45) is 0 Å². The minimum absolute atomic E-state index is 0.00411. The second-order valence-corrected chi connectivity index (χ2v) is 6.96. The van der Waals surface area contributed by atoms with E-state index in [2.05, 4.69) is 17.0 Å². The number of hydrogen-bond donors (Lipinski definition) is 0. The van der Waals surface area contributed by atoms with Crippen LogP contribution >= 0.6 is 0 Å². The molecule has 3 aliphatic heterocycles. The highest BCUT2D eigenvalue weighted by atomic mass is 16.6. The van der Waals surface area contributed by atoms with Crippen LogP contribution in [-0.2, 0) is 20.8 Å². The minimum atomic E-state index is -0.451. The van der Waals surface area contributed by atoms with Crippen LogP contribution in [0.15, 0.2) is 18.2 Å². The van der Waals surface area contributed by atoms with Gasteiger partial charge in [-0.2, -0.15) is 0 Å². The monoisotopic (exact) mass is 348 g/mol. The first-order chi connectivity index (χ1) is 12.1. The lowest BCUT2D eigenvalue weighted by molar-refractivity contribution is -0.143. The fourth-order valence-corrected chi connectivity index (χ4v) is 3.69. The zero-order valence-corrected chi connectivity index (χ0v) is 14.5. The highest BCUT2D eigenvalue weighted by Gasteiger charge is 2.41. The molecule has 0 radical (unpaired) electrons. The van der Waals surface area contributed by atoms with E-state index in [9.17, 15) is 4.79 Å². The van der Waals surface area contributed by atoms with Gasteiger partial charge < -0.3 is 23.8 Å². The molecule has 1 atom stereocenters. The lowest BCUT2D eigenvalue weighted by Crippen LogP contribution is -2.58. The van der Waals surface area contributed by atoms with E-state index in [1.165, 1.54) is 5.56 Å². The van der Waals surface area contributed by atoms with E-state index >= 15 is 0 Å². The number of hydrogen-bond acceptors (Lipinski definition) is 6. The summed E-state index contributed by atoms with van der Waals surface area (Å²) in [6.07, 6.45) is 0. The Kier molecular flexibility index (Phi) is 4.54. The van der Waals surface area contributed by atoms with Crippen molar-refractivity contribution in [1.82, 2.24) is 9.80 Å². The molecule has 3 heterocycles. The van der Waals surface area contributed by atoms with Gasteiger partial charge in [0.05, 0.1) is 19.8 Å². The molecule has 0 saturated carbocycles. The predicted molar refractivity (Wildman–Crippen MR) is 89.8 cm³/mol. The zero-order valence-electron chi connectivity index (χ0n) is 14.5. The molecule has 1 unspecified atom stereocenters. The minimum Gasteiger partial charge on any atom is -0.486 e. The Bertz CT molecular complexity index is 652. The molecule has 1 amide bonds. The maximum Gasteiger partial charge on any atom is 0.248 e. The largest absolute Gasteiger partial charge is 0.486 e. The Balaban J connectivity index is 1.45. The number of benzene rings is 1. The fourth-order valence-electron chi connectivity index (χ4n) is 3.69. The molecule has 4 rings (SSSR count). The van der Waals surface area contributed by atoms with E-state index in [4.69, 9.17) is 18.9 Å². The number of fused-ring (bicyclic) bond motifs is 1. The molecule has 1 spiro atoms. The quantitative estimate of drug-likeness (QED) is 0.777. The van der Waals surface area contributed by atoms with Crippen molar-refractivity contribution in [3.63, 3.8) is 0 Å². The summed E-state index contributed by atoms with van der Waals surface area (Å²) >= 11 is 0. The molecule has 2 saturated heterocycles. The first kappa shape index (κ1) is 16.6. The number of rotatable bonds is 2. The topological polar surface area (TPSA) is 60.5 Å². The Morgan fingerprint density at radius 1 is 1.12 bits per heavy atom. The van der Waals surface area contributed by atoms with Crippen LogP contribution in [0.2, 0.25) is 0 Å². The van der Waals surface area contributed by atoms with Gasteiger partial charge in [-0.15, -0.1) is 0 Å². The lowest BCUT2D eigenvalue weighted by atomic mass is 10.0. The third kappa shape index (κ3) is 3.58. The lowest BCUT2D eigenvalue weighted by Gasteiger charge is -2.42. The second-order valence-electron chi connectivity index (χ2n) is 6.96. The van der Waals surface area contributed by atoms with Crippen LogP contribution in [0.3, 0.4) is 0 Å². The smallest absolute Gasteiger partial charge is 0.248 e. The summed E-state index contributed by atoms with van der Waals surface area (Å²) in [5.41, 5.74) is 0.729. The van der Waals surface area contributed by atoms with Crippen molar-refractivity contribution in [2.75, 3.05) is 59.7 Å². The molecule has 0 aromatic heterocycles. The highest BCUT2D eigenvalue weighted by Crippen LogP contribution is 2.31. The van der Waals surface area contributed by atoms with Gasteiger partial charge in [-0.3, -0.25) is 9.69 Å². The van der Waals surface area contributed by atoms with E-state index < -0.39 is 5.60 Å². The van der Waals surface area contributed by atoms with Crippen molar-refractivity contribution < 1.29 is 23.7 Å². The first-order valence-corrected chi connectivity index (χ1v) is 8.70. The Hall–Kier alpha value is -1.83. The summed E-state index contributed by atoms with van der Waals surface area (Å²) in [7, 11) is 1.81. The van der Waals surface area contributed by atoms with Gasteiger partial charge in [0.25, 0.3) is 0 Å². The molecule has 1 aromatic rings. The zero-order chi connectivity index (χ0) is 17.3. The summed E-state index contributed by atoms with van der Waals surface area (Å²) in [6, 6.07) is 6.10. The van der Waals surface area contributed by atoms with Gasteiger partial charge in [0.2, 0.25) is 5.91 Å². The molecule has 0 aliphatic carbocycles. The Labute approximate surface area is 147 Å². The van der Waals surface area contributed by atoms with Crippen molar-refractivity contribution in [3.05, 3.63) is 23.8 Å². The van der Waals surface area contributed by atoms with Gasteiger partial charge in [-0.05, 0) is 17.7 Å². The maximum absolute atomic E-state index is 11.9. The SMILES string of the molecule is CN1CC2(COCC1=O)CN(Cc1ccc3c(c1)OCCO3)CCO2. The van der Waals surface area contributed by atoms with E-state index in [-0.39, 0.29) is 12.5 Å². The molecule has 0 N–H and O–H groups in total. The summed E-state index contributed by atoms with van der Waals surface area (Å²) in [5, 5.41) is 0. The van der Waals surface area contributed by atoms with E-state index in [1.54, 1.807) is 4.90 Å². The van der Waals surface area contributed by atoms with Crippen LogP contribution in [0, 0.1) is 0 Å². The summed E-state index contributed by atoms with van der Waals surface area (Å²) in [4.78, 5) is 15.9. The first-order valence-electron chi connectivity index (χ1n) is 8.70. The van der Waals surface area contributed by atoms with Gasteiger partial charge in [0.1, 0.15) is 25.4 Å². The van der Waals surface area contributed by atoms with Crippen molar-refractivity contribution >= 4 is 5.91 Å². The number of nitrogens with zero attached hydrogens (tertiary/aromatic N) is 2. The van der Waals surface area contributed by atoms with Crippen LogP contribution in [0.5, 0.6) is 11.5 Å². The van der Waals surface area contributed by atoms with Gasteiger partial charge in [-0.25, -0.2) is 0 Å². The van der Waals surface area contributed by atoms with Crippen molar-refractivity contribution in [1.29, 1.82) is 0 Å². The van der Waals surface area contributed by atoms with Crippen LogP contribution in [-0.4, -0.2) is 81.0 Å². The van der Waals surface area contributed by atoms with Gasteiger partial charge in [-0.1, -0.05) is 6.07 Å². The molecule has 7 nitrogen and oxygen atoms in total. The van der Waals surface area contributed by atoms with Crippen LogP contribution in [0.4, 0.5) is 0 Å². The van der Waals surface area contributed by atoms with Crippen molar-refractivity contribution in [3.8, 4) is 11.5 Å². The van der Waals surface area contributed by atoms with E-state index in [0.717, 1.165) is 31.1 Å². The van der Waals surface area contributed by atoms with Gasteiger partial charge >= 0.3 is 0 Å². The Morgan fingerprint density at radius 2 is 1.96 bits per heavy atom. The highest BCUT2D eigenvalue weighted by molar-refractivity contribution is 5.77. The normalized spacial score (nSPS) is 27.4. The summed E-state index contributed by atoms with van der Waals surface area (Å²) in [6.45, 7) is 5.36. The second kappa shape index (κ2) is 6.82. The average Bonchev–Trinajstić information content (AvgIpc) is 2.74. The molecule has 7 heteroatoms. The summed E-state index contributed by atoms with van der Waals surface area (Å²) in [5.74, 6) is 1.63. The standard InChI is InChI=1S/C18H24N2O5/c1-19-11-18(13-22-10-17(19)21)12-20(4-5-25-18)9-14-2-3-15-16(8-14)24-7-6-23-15/h2-3,8H,4-7,9-13H2,1H3. The molecule has 136 valence electrons. The van der Waals surface area contributed by atoms with Crippen LogP contribution in [0.25, 0.3) is 0 Å². The number of carbonyl (C=O) groups excluding carboxylic acids is 1. The number of amides is 1. The number of morpholine rings is 1. The fraction of sp³-hybridized carbons (Fsp3) is 0.611. The predicted octanol–water partition coefficient (Wildman–Crippen LogP) is 0.517. The van der Waals surface area contributed by atoms with E-state index in [0.29, 0.717) is 33.0 Å². The van der Waals surface area contributed by atoms with Gasteiger partial charge in [0, 0.05) is 26.7 Å². The summed E-state index contributed by atoms with van der Waals surface area (Å²) < 4.78 is 22.9. The molecular weight excluding hydrogens is 324 g/mol. The Morgan fingerprint density at radius 3 is 2.84 bits per heavy atom. The molecular formula is C18H24N2O5. The molecule has 2 fully saturated rings. The molecule has 0 bridgehead atoms. The molecule has 3 aliphatic rings. The van der Waals surface area contributed by atoms with E-state index in [1.807, 2.05) is 13.1 Å². The number of ether oxygens (including phenoxy) is 4. The number of likely N-dealkylation sites (N-methyl/N-ethyl adjacent to an activating group) is 1.